The zero-order valence-electron chi connectivity index (χ0n) is 16.0. The van der Waals surface area contributed by atoms with E-state index < -0.39 is 22.0 Å². The van der Waals surface area contributed by atoms with Crippen LogP contribution in [0.1, 0.15) is 16.7 Å². The van der Waals surface area contributed by atoms with Gasteiger partial charge in [-0.25, -0.2) is 13.2 Å². The summed E-state index contributed by atoms with van der Waals surface area (Å²) < 4.78 is 26.3. The molecule has 0 aliphatic carbocycles. The normalized spacial score (nSPS) is 11.3. The second-order valence-electron chi connectivity index (χ2n) is 6.47. The Morgan fingerprint density at radius 3 is 2.25 bits per heavy atom. The molecule has 0 spiro atoms. The molecule has 3 amide bonds. The minimum atomic E-state index is -3.75. The number of primary amides is 1. The van der Waals surface area contributed by atoms with E-state index in [0.717, 1.165) is 21.0 Å². The van der Waals surface area contributed by atoms with Gasteiger partial charge in [0.15, 0.2) is 0 Å². The third-order valence-corrected chi connectivity index (χ3v) is 6.06. The third kappa shape index (κ3) is 5.54. The van der Waals surface area contributed by atoms with Crippen molar-refractivity contribution in [1.82, 2.24) is 9.62 Å². The maximum absolute atomic E-state index is 12.6. The minimum absolute atomic E-state index is 0.156. The molecular weight excluding hydrogens is 380 g/mol. The Hall–Kier alpha value is -2.91. The number of nitrogens with zero attached hydrogens (tertiary/aromatic N) is 1. The second kappa shape index (κ2) is 8.85. The summed E-state index contributed by atoms with van der Waals surface area (Å²) in [5, 5.41) is 5.12. The number of likely N-dealkylation sites (N-methyl/N-ethyl adjacent to an activating group) is 1. The molecule has 2 aromatic carbocycles. The summed E-state index contributed by atoms with van der Waals surface area (Å²) in [7, 11) is -2.38. The third-order valence-electron chi connectivity index (χ3n) is 4.26. The van der Waals surface area contributed by atoms with Gasteiger partial charge in [-0.3, -0.25) is 4.79 Å². The molecule has 0 unspecified atom stereocenters. The van der Waals surface area contributed by atoms with E-state index >= 15 is 0 Å². The minimum Gasteiger partial charge on any atom is -0.351 e. The number of sulfonamides is 1. The van der Waals surface area contributed by atoms with Gasteiger partial charge in [0, 0.05) is 19.3 Å². The van der Waals surface area contributed by atoms with Crippen molar-refractivity contribution < 1.29 is 18.0 Å². The van der Waals surface area contributed by atoms with Crippen LogP contribution in [0.25, 0.3) is 0 Å². The SMILES string of the molecule is Cc1ccc(S(=O)(=O)N(C)CC(=O)NCc2ccc(NC(N)=O)cc2)cc1C. The average Bonchev–Trinajstić information content (AvgIpc) is 2.62. The fourth-order valence-corrected chi connectivity index (χ4v) is 3.66. The Morgan fingerprint density at radius 1 is 1.04 bits per heavy atom. The summed E-state index contributed by atoms with van der Waals surface area (Å²) in [6.07, 6.45) is 0. The topological polar surface area (TPSA) is 122 Å². The Labute approximate surface area is 164 Å². The number of carbonyl (C=O) groups excluding carboxylic acids is 2. The number of hydrogen-bond donors (Lipinski definition) is 3. The number of benzene rings is 2. The number of aryl methyl sites for hydroxylation is 2. The van der Waals surface area contributed by atoms with Gasteiger partial charge in [-0.15, -0.1) is 0 Å². The van der Waals surface area contributed by atoms with Gasteiger partial charge in [0.05, 0.1) is 11.4 Å². The highest BCUT2D eigenvalue weighted by Gasteiger charge is 2.23. The lowest BCUT2D eigenvalue weighted by Gasteiger charge is -2.17. The molecule has 0 saturated carbocycles. The van der Waals surface area contributed by atoms with Crippen LogP contribution in [0.4, 0.5) is 10.5 Å². The van der Waals surface area contributed by atoms with Gasteiger partial charge in [0.1, 0.15) is 0 Å². The molecule has 9 heteroatoms. The molecule has 0 aliphatic heterocycles. The molecule has 2 rings (SSSR count). The largest absolute Gasteiger partial charge is 0.351 e. The van der Waals surface area contributed by atoms with Gasteiger partial charge in [-0.05, 0) is 54.8 Å². The number of anilines is 1. The average molecular weight is 404 g/mol. The number of nitrogens with two attached hydrogens (primary N) is 1. The van der Waals surface area contributed by atoms with Gasteiger partial charge in [-0.1, -0.05) is 18.2 Å². The predicted molar refractivity (Wildman–Crippen MR) is 107 cm³/mol. The Balaban J connectivity index is 1.94. The maximum Gasteiger partial charge on any atom is 0.316 e. The summed E-state index contributed by atoms with van der Waals surface area (Å²) in [5.74, 6) is -0.422. The van der Waals surface area contributed by atoms with E-state index in [9.17, 15) is 18.0 Å². The molecule has 0 atom stereocenters. The molecule has 0 aliphatic rings. The lowest BCUT2D eigenvalue weighted by Crippen LogP contribution is -2.38. The number of urea groups is 1. The van der Waals surface area contributed by atoms with Crippen LogP contribution in [0.15, 0.2) is 47.4 Å². The van der Waals surface area contributed by atoms with Crippen molar-refractivity contribution in [2.24, 2.45) is 5.73 Å². The van der Waals surface area contributed by atoms with Gasteiger partial charge < -0.3 is 16.4 Å². The quantitative estimate of drug-likeness (QED) is 0.650. The van der Waals surface area contributed by atoms with Crippen LogP contribution in [0.3, 0.4) is 0 Å². The molecule has 0 aromatic heterocycles. The maximum atomic E-state index is 12.6. The number of hydrogen-bond acceptors (Lipinski definition) is 4. The lowest BCUT2D eigenvalue weighted by molar-refractivity contribution is -0.121. The molecule has 0 bridgehead atoms. The summed E-state index contributed by atoms with van der Waals surface area (Å²) >= 11 is 0. The van der Waals surface area contributed by atoms with E-state index in [1.54, 1.807) is 36.4 Å². The summed E-state index contributed by atoms with van der Waals surface area (Å²) in [4.78, 5) is 23.1. The van der Waals surface area contributed by atoms with Crippen LogP contribution in [-0.4, -0.2) is 38.3 Å². The number of carbonyl (C=O) groups is 2. The van der Waals surface area contributed by atoms with Gasteiger partial charge in [0.2, 0.25) is 15.9 Å². The molecule has 150 valence electrons. The standard InChI is InChI=1S/C19H24N4O4S/c1-13-4-9-17(10-14(13)2)28(26,27)23(3)12-18(24)21-11-15-5-7-16(8-6-15)22-19(20)25/h4-10H,11-12H2,1-3H3,(H,21,24)(H3,20,22,25). The predicted octanol–water partition coefficient (Wildman–Crippen LogP) is 1.73. The lowest BCUT2D eigenvalue weighted by atomic mass is 10.1. The smallest absolute Gasteiger partial charge is 0.316 e. The van der Waals surface area contributed by atoms with Crippen molar-refractivity contribution in [3.63, 3.8) is 0 Å². The van der Waals surface area contributed by atoms with Gasteiger partial charge in [-0.2, -0.15) is 4.31 Å². The molecule has 0 heterocycles. The van der Waals surface area contributed by atoms with E-state index in [1.165, 1.54) is 13.1 Å². The Morgan fingerprint density at radius 2 is 1.68 bits per heavy atom. The molecular formula is C19H24N4O4S. The number of amides is 3. The van der Waals surface area contributed by atoms with Crippen molar-refractivity contribution in [3.8, 4) is 0 Å². The molecule has 0 radical (unpaired) electrons. The first-order chi connectivity index (χ1) is 13.1. The zero-order valence-corrected chi connectivity index (χ0v) is 16.8. The summed E-state index contributed by atoms with van der Waals surface area (Å²) in [6, 6.07) is 11.0. The van der Waals surface area contributed by atoms with Crippen molar-refractivity contribution in [2.75, 3.05) is 18.9 Å². The van der Waals surface area contributed by atoms with Crippen LogP contribution in [0.2, 0.25) is 0 Å². The fraction of sp³-hybridized carbons (Fsp3) is 0.263. The second-order valence-corrected chi connectivity index (χ2v) is 8.51. The van der Waals surface area contributed by atoms with Crippen molar-refractivity contribution in [3.05, 3.63) is 59.2 Å². The fourth-order valence-electron chi connectivity index (χ4n) is 2.45. The number of rotatable bonds is 7. The summed E-state index contributed by atoms with van der Waals surface area (Å²) in [5.41, 5.74) is 8.24. The van der Waals surface area contributed by atoms with Crippen LogP contribution < -0.4 is 16.4 Å². The highest BCUT2D eigenvalue weighted by atomic mass is 32.2. The first kappa shape index (κ1) is 21.4. The first-order valence-corrected chi connectivity index (χ1v) is 9.99. The molecule has 4 N–H and O–H groups in total. The zero-order chi connectivity index (χ0) is 20.9. The van der Waals surface area contributed by atoms with Crippen molar-refractivity contribution >= 4 is 27.6 Å². The van der Waals surface area contributed by atoms with Crippen LogP contribution in [0, 0.1) is 13.8 Å². The molecule has 28 heavy (non-hydrogen) atoms. The van der Waals surface area contributed by atoms with Gasteiger partial charge >= 0.3 is 6.03 Å². The van der Waals surface area contributed by atoms with E-state index in [1.807, 2.05) is 13.8 Å². The monoisotopic (exact) mass is 404 g/mol. The van der Waals surface area contributed by atoms with E-state index in [2.05, 4.69) is 10.6 Å². The molecule has 0 saturated heterocycles. The van der Waals surface area contributed by atoms with Crippen molar-refractivity contribution in [2.45, 2.75) is 25.3 Å². The van der Waals surface area contributed by atoms with Crippen molar-refractivity contribution in [1.29, 1.82) is 0 Å². The first-order valence-electron chi connectivity index (χ1n) is 8.55. The molecule has 8 nitrogen and oxygen atoms in total. The van der Waals surface area contributed by atoms with Crippen LogP contribution in [0.5, 0.6) is 0 Å². The van der Waals surface area contributed by atoms with Crippen LogP contribution >= 0.6 is 0 Å². The molecule has 0 fully saturated rings. The highest BCUT2D eigenvalue weighted by Crippen LogP contribution is 2.18. The van der Waals surface area contributed by atoms with E-state index in [0.29, 0.717) is 5.69 Å². The Kier molecular flexibility index (Phi) is 6.76. The van der Waals surface area contributed by atoms with E-state index in [-0.39, 0.29) is 18.0 Å². The van der Waals surface area contributed by atoms with Gasteiger partial charge in [0.25, 0.3) is 0 Å². The number of nitrogens with one attached hydrogen (secondary N) is 2. The molecule has 2 aromatic rings. The Bertz CT molecular complexity index is 972. The van der Waals surface area contributed by atoms with Crippen LogP contribution in [-0.2, 0) is 21.4 Å². The highest BCUT2D eigenvalue weighted by molar-refractivity contribution is 7.89. The van der Waals surface area contributed by atoms with E-state index in [4.69, 9.17) is 5.73 Å². The summed E-state index contributed by atoms with van der Waals surface area (Å²) in [6.45, 7) is 3.68.